The van der Waals surface area contributed by atoms with Crippen LogP contribution in [-0.2, 0) is 9.59 Å². The van der Waals surface area contributed by atoms with Crippen LogP contribution in [0.3, 0.4) is 0 Å². The van der Waals surface area contributed by atoms with Crippen molar-refractivity contribution in [2.75, 3.05) is 33.4 Å². The molecule has 0 fully saturated rings. The predicted octanol–water partition coefficient (Wildman–Crippen LogP) is 1.80. The lowest BCUT2D eigenvalue weighted by molar-refractivity contribution is -0.142. The maximum absolute atomic E-state index is 12.2. The number of methoxy groups -OCH3 is 1. The molecular formula is C17H21NO6. The fraction of sp³-hybridized carbons (Fsp3) is 0.412. The number of aliphatic carboxylic acids is 1. The van der Waals surface area contributed by atoms with Crippen molar-refractivity contribution < 1.29 is 28.9 Å². The minimum atomic E-state index is -1.04. The van der Waals surface area contributed by atoms with Gasteiger partial charge in [0, 0.05) is 12.6 Å². The van der Waals surface area contributed by atoms with Crippen LogP contribution in [0, 0.1) is 0 Å². The molecule has 1 N–H and O–H groups in total. The van der Waals surface area contributed by atoms with Gasteiger partial charge in [-0.05, 0) is 30.2 Å². The summed E-state index contributed by atoms with van der Waals surface area (Å²) in [7, 11) is 1.53. The number of benzene rings is 1. The highest BCUT2D eigenvalue weighted by Crippen LogP contribution is 2.40. The fourth-order valence-electron chi connectivity index (χ4n) is 2.36. The third-order valence-corrected chi connectivity index (χ3v) is 3.40. The molecule has 7 heteroatoms. The van der Waals surface area contributed by atoms with E-state index in [9.17, 15) is 9.59 Å². The summed E-state index contributed by atoms with van der Waals surface area (Å²) in [6, 6.07) is 3.49. The van der Waals surface area contributed by atoms with Gasteiger partial charge in [-0.3, -0.25) is 9.59 Å². The number of rotatable bonds is 7. The van der Waals surface area contributed by atoms with Crippen LogP contribution < -0.4 is 14.2 Å². The number of fused-ring (bicyclic) bond motifs is 1. The number of nitrogens with zero attached hydrogens (tertiary/aromatic N) is 1. The number of carboxylic acids is 1. The van der Waals surface area contributed by atoms with E-state index in [4.69, 9.17) is 19.3 Å². The molecule has 130 valence electrons. The molecule has 0 saturated carbocycles. The first-order chi connectivity index (χ1) is 11.5. The van der Waals surface area contributed by atoms with Gasteiger partial charge in [0.25, 0.3) is 0 Å². The maximum Gasteiger partial charge on any atom is 0.323 e. The Balaban J connectivity index is 2.18. The summed E-state index contributed by atoms with van der Waals surface area (Å²) >= 11 is 0. The van der Waals surface area contributed by atoms with E-state index in [0.29, 0.717) is 49.0 Å². The second kappa shape index (κ2) is 8.24. The largest absolute Gasteiger partial charge is 0.493 e. The van der Waals surface area contributed by atoms with Crippen molar-refractivity contribution in [3.8, 4) is 17.2 Å². The van der Waals surface area contributed by atoms with Gasteiger partial charge in [0.15, 0.2) is 11.5 Å². The van der Waals surface area contributed by atoms with Crippen LogP contribution in [0.1, 0.15) is 18.9 Å². The molecule has 1 aliphatic heterocycles. The van der Waals surface area contributed by atoms with Gasteiger partial charge in [0.05, 0.1) is 7.11 Å². The van der Waals surface area contributed by atoms with E-state index in [0.717, 1.165) is 0 Å². The van der Waals surface area contributed by atoms with Crippen LogP contribution >= 0.6 is 0 Å². The van der Waals surface area contributed by atoms with Crippen molar-refractivity contribution >= 4 is 18.0 Å². The van der Waals surface area contributed by atoms with Crippen LogP contribution in [0.15, 0.2) is 18.2 Å². The molecular weight excluding hydrogens is 314 g/mol. The Morgan fingerprint density at radius 1 is 1.33 bits per heavy atom. The predicted molar refractivity (Wildman–Crippen MR) is 87.5 cm³/mol. The molecule has 1 aromatic carbocycles. The van der Waals surface area contributed by atoms with Crippen LogP contribution in [-0.4, -0.2) is 55.3 Å². The lowest BCUT2D eigenvalue weighted by atomic mass is 10.1. The Morgan fingerprint density at radius 2 is 2.08 bits per heavy atom. The molecule has 0 bridgehead atoms. The molecule has 0 aromatic heterocycles. The second-order valence-corrected chi connectivity index (χ2v) is 5.23. The van der Waals surface area contributed by atoms with E-state index < -0.39 is 5.97 Å². The third kappa shape index (κ3) is 4.41. The summed E-state index contributed by atoms with van der Waals surface area (Å²) in [4.78, 5) is 24.3. The number of carbonyl (C=O) groups is 2. The smallest absolute Gasteiger partial charge is 0.323 e. The van der Waals surface area contributed by atoms with Gasteiger partial charge in [-0.2, -0.15) is 0 Å². The van der Waals surface area contributed by atoms with E-state index in [-0.39, 0.29) is 12.5 Å². The Kier molecular flexibility index (Phi) is 6.06. The van der Waals surface area contributed by atoms with Crippen LogP contribution in [0.5, 0.6) is 17.2 Å². The van der Waals surface area contributed by atoms with Crippen LogP contribution in [0.2, 0.25) is 0 Å². The summed E-state index contributed by atoms with van der Waals surface area (Å²) in [6.07, 6.45) is 3.64. The first-order valence-corrected chi connectivity index (χ1v) is 7.71. The monoisotopic (exact) mass is 335 g/mol. The van der Waals surface area contributed by atoms with Crippen molar-refractivity contribution in [2.45, 2.75) is 13.3 Å². The van der Waals surface area contributed by atoms with Crippen LogP contribution in [0.25, 0.3) is 6.08 Å². The standard InChI is InChI=1S/C17H21NO6/c1-3-6-18(11-16(20)21)15(19)5-4-12-9-13(22-2)17-14(10-12)23-7-8-24-17/h4-5,9-10H,3,6-8,11H2,1-2H3,(H,20,21). The first-order valence-electron chi connectivity index (χ1n) is 7.71. The molecule has 0 spiro atoms. The van der Waals surface area contributed by atoms with Gasteiger partial charge in [0.2, 0.25) is 11.7 Å². The van der Waals surface area contributed by atoms with E-state index in [2.05, 4.69) is 0 Å². The summed E-state index contributed by atoms with van der Waals surface area (Å²) in [5.41, 5.74) is 0.705. The molecule has 1 aromatic rings. The topological polar surface area (TPSA) is 85.3 Å². The number of hydrogen-bond acceptors (Lipinski definition) is 5. The van der Waals surface area contributed by atoms with E-state index >= 15 is 0 Å². The molecule has 1 aliphatic rings. The normalized spacial score (nSPS) is 12.9. The molecule has 0 unspecified atom stereocenters. The quantitative estimate of drug-likeness (QED) is 0.765. The fourth-order valence-corrected chi connectivity index (χ4v) is 2.36. The lowest BCUT2D eigenvalue weighted by Gasteiger charge is -2.21. The number of carboxylic acid groups (broad SMARTS) is 1. The first kappa shape index (κ1) is 17.7. The Hall–Kier alpha value is -2.70. The average molecular weight is 335 g/mol. The SMILES string of the molecule is CCCN(CC(=O)O)C(=O)C=Cc1cc(OC)c2c(c1)OCCO2. The van der Waals surface area contributed by atoms with Gasteiger partial charge in [-0.25, -0.2) is 0 Å². The summed E-state index contributed by atoms with van der Waals surface area (Å²) in [5.74, 6) is 0.240. The van der Waals surface area contributed by atoms with Crippen molar-refractivity contribution in [3.05, 3.63) is 23.8 Å². The Morgan fingerprint density at radius 3 is 2.75 bits per heavy atom. The van der Waals surface area contributed by atoms with Crippen molar-refractivity contribution in [1.82, 2.24) is 4.90 Å². The lowest BCUT2D eigenvalue weighted by Crippen LogP contribution is -2.35. The summed E-state index contributed by atoms with van der Waals surface area (Å²) in [6.45, 7) is 2.86. The van der Waals surface area contributed by atoms with E-state index in [1.807, 2.05) is 6.92 Å². The zero-order valence-corrected chi connectivity index (χ0v) is 13.8. The van der Waals surface area contributed by atoms with Crippen molar-refractivity contribution in [2.24, 2.45) is 0 Å². The summed E-state index contributed by atoms with van der Waals surface area (Å²) in [5, 5.41) is 8.88. The van der Waals surface area contributed by atoms with Crippen molar-refractivity contribution in [3.63, 3.8) is 0 Å². The zero-order chi connectivity index (χ0) is 17.5. The maximum atomic E-state index is 12.2. The summed E-state index contributed by atoms with van der Waals surface area (Å²) < 4.78 is 16.4. The van der Waals surface area contributed by atoms with Gasteiger partial charge in [-0.1, -0.05) is 6.92 Å². The molecule has 1 amide bonds. The minimum Gasteiger partial charge on any atom is -0.493 e. The average Bonchev–Trinajstić information content (AvgIpc) is 2.58. The Bertz CT molecular complexity index is 623. The molecule has 0 saturated heterocycles. The molecule has 0 radical (unpaired) electrons. The molecule has 0 aliphatic carbocycles. The second-order valence-electron chi connectivity index (χ2n) is 5.23. The zero-order valence-electron chi connectivity index (χ0n) is 13.8. The van der Waals surface area contributed by atoms with Gasteiger partial charge < -0.3 is 24.2 Å². The third-order valence-electron chi connectivity index (χ3n) is 3.40. The minimum absolute atomic E-state index is 0.318. The molecule has 7 nitrogen and oxygen atoms in total. The van der Waals surface area contributed by atoms with Crippen molar-refractivity contribution in [1.29, 1.82) is 0 Å². The molecule has 2 rings (SSSR count). The number of ether oxygens (including phenoxy) is 3. The number of hydrogen-bond donors (Lipinski definition) is 1. The van der Waals surface area contributed by atoms with E-state index in [1.165, 1.54) is 18.1 Å². The molecule has 1 heterocycles. The van der Waals surface area contributed by atoms with Gasteiger partial charge in [0.1, 0.15) is 19.8 Å². The van der Waals surface area contributed by atoms with E-state index in [1.54, 1.807) is 18.2 Å². The molecule has 24 heavy (non-hydrogen) atoms. The highest BCUT2D eigenvalue weighted by Gasteiger charge is 2.18. The highest BCUT2D eigenvalue weighted by atomic mass is 16.6. The van der Waals surface area contributed by atoms with Crippen LogP contribution in [0.4, 0.5) is 0 Å². The van der Waals surface area contributed by atoms with Gasteiger partial charge >= 0.3 is 5.97 Å². The highest BCUT2D eigenvalue weighted by molar-refractivity contribution is 5.93. The number of amides is 1. The Labute approximate surface area is 140 Å². The molecule has 0 atom stereocenters. The number of carbonyl (C=O) groups excluding carboxylic acids is 1. The van der Waals surface area contributed by atoms with Gasteiger partial charge in [-0.15, -0.1) is 0 Å².